The third-order valence-corrected chi connectivity index (χ3v) is 5.80. The van der Waals surface area contributed by atoms with E-state index in [1.807, 2.05) is 34.8 Å². The number of amides is 2. The van der Waals surface area contributed by atoms with Gasteiger partial charge in [0.25, 0.3) is 11.8 Å². The van der Waals surface area contributed by atoms with E-state index in [1.165, 1.54) is 0 Å². The maximum atomic E-state index is 13.0. The van der Waals surface area contributed by atoms with Crippen molar-refractivity contribution in [2.24, 2.45) is 7.05 Å². The summed E-state index contributed by atoms with van der Waals surface area (Å²) in [6.07, 6.45) is 7.56. The van der Waals surface area contributed by atoms with Gasteiger partial charge in [-0.15, -0.1) is 5.10 Å². The van der Waals surface area contributed by atoms with E-state index in [4.69, 9.17) is 4.74 Å². The lowest BCUT2D eigenvalue weighted by atomic mass is 9.99. The summed E-state index contributed by atoms with van der Waals surface area (Å²) in [7, 11) is 1.90. The number of aromatic nitrogens is 4. The number of ether oxygens (including phenoxy) is 1. The molecule has 0 bridgehead atoms. The van der Waals surface area contributed by atoms with Crippen LogP contribution in [-0.2, 0) is 18.3 Å². The van der Waals surface area contributed by atoms with E-state index in [0.29, 0.717) is 38.5 Å². The molecule has 156 valence electrons. The summed E-state index contributed by atoms with van der Waals surface area (Å²) in [5.41, 5.74) is 1.09. The number of likely N-dealkylation sites (tertiary alicyclic amines) is 1. The van der Waals surface area contributed by atoms with E-state index >= 15 is 0 Å². The lowest BCUT2D eigenvalue weighted by Gasteiger charge is -2.36. The van der Waals surface area contributed by atoms with Crippen LogP contribution in [0.3, 0.4) is 0 Å². The van der Waals surface area contributed by atoms with Gasteiger partial charge >= 0.3 is 0 Å². The average molecular weight is 400 g/mol. The summed E-state index contributed by atoms with van der Waals surface area (Å²) in [6.45, 7) is 3.71. The molecule has 0 aromatic carbocycles. The van der Waals surface area contributed by atoms with Crippen LogP contribution in [0.15, 0.2) is 24.5 Å². The fourth-order valence-electron chi connectivity index (χ4n) is 4.11. The van der Waals surface area contributed by atoms with Gasteiger partial charge in [0.1, 0.15) is 5.69 Å². The second-order valence-corrected chi connectivity index (χ2v) is 7.71. The molecule has 0 aliphatic carbocycles. The molecule has 0 N–H and O–H groups in total. The molecule has 0 saturated carbocycles. The summed E-state index contributed by atoms with van der Waals surface area (Å²) in [4.78, 5) is 29.2. The van der Waals surface area contributed by atoms with Crippen molar-refractivity contribution < 1.29 is 14.3 Å². The number of piperidine rings is 1. The molecule has 0 spiro atoms. The van der Waals surface area contributed by atoms with Gasteiger partial charge in [0.05, 0.1) is 19.4 Å². The molecule has 2 aliphatic heterocycles. The molecule has 9 heteroatoms. The third-order valence-electron chi connectivity index (χ3n) is 5.80. The molecule has 29 heavy (non-hydrogen) atoms. The predicted molar refractivity (Wildman–Crippen MR) is 105 cm³/mol. The minimum atomic E-state index is -0.0993. The van der Waals surface area contributed by atoms with Crippen molar-refractivity contribution in [2.75, 3.05) is 32.8 Å². The van der Waals surface area contributed by atoms with Crippen LogP contribution in [0.4, 0.5) is 0 Å². The van der Waals surface area contributed by atoms with Crippen LogP contribution in [0.2, 0.25) is 0 Å². The van der Waals surface area contributed by atoms with Crippen molar-refractivity contribution in [3.05, 3.63) is 35.9 Å². The van der Waals surface area contributed by atoms with Gasteiger partial charge in [0.2, 0.25) is 0 Å². The molecule has 2 fully saturated rings. The van der Waals surface area contributed by atoms with Crippen molar-refractivity contribution in [2.45, 2.75) is 38.3 Å². The van der Waals surface area contributed by atoms with Crippen LogP contribution in [0.25, 0.3) is 0 Å². The topological polar surface area (TPSA) is 85.5 Å². The number of hydrogen-bond donors (Lipinski definition) is 0. The normalized spacial score (nSPS) is 20.1. The van der Waals surface area contributed by atoms with Crippen LogP contribution in [0.1, 0.15) is 46.7 Å². The van der Waals surface area contributed by atoms with E-state index in [0.717, 1.165) is 37.9 Å². The Kier molecular flexibility index (Phi) is 5.94. The minimum Gasteiger partial charge on any atom is -0.378 e. The highest BCUT2D eigenvalue weighted by molar-refractivity contribution is 5.93. The lowest BCUT2D eigenvalue weighted by Crippen LogP contribution is -2.44. The Labute approximate surface area is 170 Å². The molecule has 2 amide bonds. The number of hydrogen-bond acceptors (Lipinski definition) is 5. The Hall–Kier alpha value is -2.68. The average Bonchev–Trinajstić information content (AvgIpc) is 3.41. The van der Waals surface area contributed by atoms with Crippen LogP contribution < -0.4 is 0 Å². The maximum absolute atomic E-state index is 13.0. The standard InChI is InChI=1S/C20H28N6O3/c1-23-8-4-6-18(23)20(28)26-9-3-2-5-16(26)7-10-25-15-17(21-22-25)19(27)24-11-13-29-14-12-24/h4,6,8,15-16H,2-3,5,7,9-14H2,1H3. The molecule has 4 heterocycles. The zero-order valence-corrected chi connectivity index (χ0v) is 16.9. The number of morpholine rings is 1. The monoisotopic (exact) mass is 400 g/mol. The Balaban J connectivity index is 1.37. The molecule has 2 aromatic heterocycles. The fraction of sp³-hybridized carbons (Fsp3) is 0.600. The lowest BCUT2D eigenvalue weighted by molar-refractivity contribution is 0.0299. The zero-order valence-electron chi connectivity index (χ0n) is 16.9. The fourth-order valence-corrected chi connectivity index (χ4v) is 4.11. The predicted octanol–water partition coefficient (Wildman–Crippen LogP) is 1.17. The number of carbonyl (C=O) groups is 2. The van der Waals surface area contributed by atoms with Gasteiger partial charge in [0, 0.05) is 45.5 Å². The number of nitrogens with zero attached hydrogens (tertiary/aromatic N) is 6. The summed E-state index contributed by atoms with van der Waals surface area (Å²) in [6, 6.07) is 3.94. The quantitative estimate of drug-likeness (QED) is 0.752. The second-order valence-electron chi connectivity index (χ2n) is 7.71. The van der Waals surface area contributed by atoms with Gasteiger partial charge in [0.15, 0.2) is 5.69 Å². The molecule has 9 nitrogen and oxygen atoms in total. The maximum Gasteiger partial charge on any atom is 0.276 e. The highest BCUT2D eigenvalue weighted by Gasteiger charge is 2.28. The van der Waals surface area contributed by atoms with Crippen molar-refractivity contribution in [1.29, 1.82) is 0 Å². The van der Waals surface area contributed by atoms with Gasteiger partial charge < -0.3 is 19.1 Å². The highest BCUT2D eigenvalue weighted by Crippen LogP contribution is 2.22. The van der Waals surface area contributed by atoms with Gasteiger partial charge in [-0.2, -0.15) is 0 Å². The van der Waals surface area contributed by atoms with Crippen molar-refractivity contribution >= 4 is 11.8 Å². The second kappa shape index (κ2) is 8.77. The van der Waals surface area contributed by atoms with Gasteiger partial charge in [-0.1, -0.05) is 5.21 Å². The van der Waals surface area contributed by atoms with E-state index in [1.54, 1.807) is 15.8 Å². The SMILES string of the molecule is Cn1cccc1C(=O)N1CCCCC1CCn1cc(C(=O)N2CCOCC2)nn1. The first-order chi connectivity index (χ1) is 14.1. The number of rotatable bonds is 5. The smallest absolute Gasteiger partial charge is 0.276 e. The molecule has 2 saturated heterocycles. The summed E-state index contributed by atoms with van der Waals surface area (Å²) in [5, 5.41) is 8.19. The molecule has 0 radical (unpaired) electrons. The molecule has 1 unspecified atom stereocenters. The van der Waals surface area contributed by atoms with Crippen LogP contribution in [-0.4, -0.2) is 80.1 Å². The zero-order chi connectivity index (χ0) is 20.2. The molecule has 4 rings (SSSR count). The van der Waals surface area contributed by atoms with E-state index in [2.05, 4.69) is 10.3 Å². The minimum absolute atomic E-state index is 0.0870. The molecular formula is C20H28N6O3. The Morgan fingerprint density at radius 3 is 2.76 bits per heavy atom. The van der Waals surface area contributed by atoms with Gasteiger partial charge in [-0.05, 0) is 37.8 Å². The largest absolute Gasteiger partial charge is 0.378 e. The third kappa shape index (κ3) is 4.34. The molecule has 2 aliphatic rings. The summed E-state index contributed by atoms with van der Waals surface area (Å²) < 4.78 is 8.88. The number of carbonyl (C=O) groups excluding carboxylic acids is 2. The molecule has 1 atom stereocenters. The van der Waals surface area contributed by atoms with Gasteiger partial charge in [-0.3, -0.25) is 14.3 Å². The Morgan fingerprint density at radius 1 is 1.17 bits per heavy atom. The molecule has 2 aromatic rings. The van der Waals surface area contributed by atoms with E-state index in [9.17, 15) is 9.59 Å². The van der Waals surface area contributed by atoms with Gasteiger partial charge in [-0.25, -0.2) is 0 Å². The highest BCUT2D eigenvalue weighted by atomic mass is 16.5. The van der Waals surface area contributed by atoms with Crippen LogP contribution in [0.5, 0.6) is 0 Å². The van der Waals surface area contributed by atoms with Crippen molar-refractivity contribution in [1.82, 2.24) is 29.4 Å². The van der Waals surface area contributed by atoms with Crippen LogP contribution >= 0.6 is 0 Å². The first-order valence-electron chi connectivity index (χ1n) is 10.3. The Bertz CT molecular complexity index is 854. The van der Waals surface area contributed by atoms with E-state index in [-0.39, 0.29) is 17.9 Å². The van der Waals surface area contributed by atoms with E-state index < -0.39 is 0 Å². The first-order valence-corrected chi connectivity index (χ1v) is 10.3. The number of aryl methyl sites for hydroxylation is 2. The van der Waals surface area contributed by atoms with Crippen molar-refractivity contribution in [3.63, 3.8) is 0 Å². The summed E-state index contributed by atoms with van der Waals surface area (Å²) >= 11 is 0. The first kappa shape index (κ1) is 19.6. The van der Waals surface area contributed by atoms with Crippen molar-refractivity contribution in [3.8, 4) is 0 Å². The summed E-state index contributed by atoms with van der Waals surface area (Å²) in [5.74, 6) is -0.0123. The van der Waals surface area contributed by atoms with Crippen LogP contribution in [0, 0.1) is 0 Å². The Morgan fingerprint density at radius 2 is 2.00 bits per heavy atom. The molecular weight excluding hydrogens is 372 g/mol.